The summed E-state index contributed by atoms with van der Waals surface area (Å²) in [5, 5.41) is 0. The molecule has 106 valence electrons. The zero-order valence-corrected chi connectivity index (χ0v) is 14.2. The van der Waals surface area contributed by atoms with Gasteiger partial charge in [0.25, 0.3) is 0 Å². The summed E-state index contributed by atoms with van der Waals surface area (Å²) in [5.74, 6) is 3.25. The lowest BCUT2D eigenvalue weighted by atomic mass is 10.1. The molecule has 0 bridgehead atoms. The molecule has 0 aliphatic carbocycles. The molecule has 0 aliphatic heterocycles. The van der Waals surface area contributed by atoms with Gasteiger partial charge in [-0.15, -0.1) is 10.1 Å². The van der Waals surface area contributed by atoms with E-state index in [1.807, 2.05) is 0 Å². The van der Waals surface area contributed by atoms with Crippen molar-refractivity contribution in [2.45, 2.75) is 53.4 Å². The fraction of sp³-hybridized carbons (Fsp3) is 1.00. The van der Waals surface area contributed by atoms with Crippen LogP contribution in [0.25, 0.3) is 0 Å². The first kappa shape index (κ1) is 18.0. The van der Waals surface area contributed by atoms with Crippen LogP contribution in [0.1, 0.15) is 53.4 Å². The van der Waals surface area contributed by atoms with Gasteiger partial charge in [0.2, 0.25) is 0 Å². The van der Waals surface area contributed by atoms with Gasteiger partial charge in [-0.05, 0) is 36.2 Å². The molecule has 2 nitrogen and oxygen atoms in total. The van der Waals surface area contributed by atoms with Crippen LogP contribution >= 0.6 is 17.9 Å². The first-order valence-electron chi connectivity index (χ1n) is 6.49. The van der Waals surface area contributed by atoms with E-state index in [9.17, 15) is 9.79 Å². The first-order valence-corrected chi connectivity index (χ1v) is 11.5. The van der Waals surface area contributed by atoms with Crippen LogP contribution in [0.4, 0.5) is 0 Å². The second kappa shape index (κ2) is 9.03. The molecule has 0 fully saturated rings. The molecular formula is C12H29O2PS2. The predicted octanol–water partition coefficient (Wildman–Crippen LogP) is 4.07. The van der Waals surface area contributed by atoms with Crippen LogP contribution in [0.2, 0.25) is 0 Å². The summed E-state index contributed by atoms with van der Waals surface area (Å²) in [4.78, 5) is 19.5. The summed E-state index contributed by atoms with van der Waals surface area (Å²) in [6.07, 6.45) is 4.51. The van der Waals surface area contributed by atoms with Crippen LogP contribution in [-0.4, -0.2) is 21.3 Å². The second-order valence-corrected chi connectivity index (χ2v) is 13.8. The van der Waals surface area contributed by atoms with E-state index >= 15 is 0 Å². The zero-order chi connectivity index (χ0) is 13.5. The van der Waals surface area contributed by atoms with E-state index in [0.29, 0.717) is 11.8 Å². The molecule has 0 aliphatic rings. The van der Waals surface area contributed by atoms with Crippen molar-refractivity contribution in [1.82, 2.24) is 0 Å². The third-order valence-corrected chi connectivity index (χ3v) is 10.1. The molecule has 5 heteroatoms. The Balaban J connectivity index is 4.19. The van der Waals surface area contributed by atoms with E-state index in [2.05, 4.69) is 39.9 Å². The lowest BCUT2D eigenvalue weighted by molar-refractivity contribution is 0.501. The van der Waals surface area contributed by atoms with Gasteiger partial charge in [-0.3, -0.25) is 0 Å². The fourth-order valence-electron chi connectivity index (χ4n) is 1.66. The molecule has 17 heavy (non-hydrogen) atoms. The topological polar surface area (TPSA) is 40.5 Å². The quantitative estimate of drug-likeness (QED) is 0.467. The van der Waals surface area contributed by atoms with Gasteiger partial charge in [0.1, 0.15) is 0 Å². The van der Waals surface area contributed by atoms with Crippen LogP contribution in [0.5, 0.6) is 0 Å². The van der Waals surface area contributed by atoms with Crippen molar-refractivity contribution in [2.75, 3.05) is 11.5 Å². The maximum absolute atomic E-state index is 9.75. The molecule has 2 N–H and O–H groups in total. The van der Waals surface area contributed by atoms with Crippen molar-refractivity contribution >= 4 is 28.0 Å². The zero-order valence-electron chi connectivity index (χ0n) is 11.6. The molecule has 0 radical (unpaired) electrons. The highest BCUT2D eigenvalue weighted by atomic mass is 32.9. The van der Waals surface area contributed by atoms with Crippen LogP contribution in [-0.2, 0) is 10.1 Å². The minimum Gasteiger partial charge on any atom is -0.341 e. The third-order valence-electron chi connectivity index (χ3n) is 2.67. The van der Waals surface area contributed by atoms with Gasteiger partial charge in [-0.25, -0.2) is 0 Å². The van der Waals surface area contributed by atoms with Crippen molar-refractivity contribution in [1.29, 1.82) is 0 Å². The molecule has 0 aromatic rings. The number of rotatable bonds is 8. The SMILES string of the molecule is CC(C)CCCS(CCCC(C)C)=P(O)(O)S. The Morgan fingerprint density at radius 1 is 0.941 bits per heavy atom. The lowest BCUT2D eigenvalue weighted by Crippen LogP contribution is -2.06. The summed E-state index contributed by atoms with van der Waals surface area (Å²) in [7, 11) is -0.288. The van der Waals surface area contributed by atoms with Crippen molar-refractivity contribution in [3.8, 4) is 0 Å². The van der Waals surface area contributed by atoms with Gasteiger partial charge in [-0.2, -0.15) is 0 Å². The molecule has 0 atom stereocenters. The molecule has 0 aromatic heterocycles. The number of hydrogen-bond donors (Lipinski definition) is 3. The average Bonchev–Trinajstić information content (AvgIpc) is 2.12. The van der Waals surface area contributed by atoms with Crippen LogP contribution in [0.15, 0.2) is 0 Å². The molecule has 0 spiro atoms. The molecular weight excluding hydrogens is 271 g/mol. The van der Waals surface area contributed by atoms with Gasteiger partial charge in [0, 0.05) is 0 Å². The van der Waals surface area contributed by atoms with E-state index in [4.69, 9.17) is 0 Å². The van der Waals surface area contributed by atoms with Gasteiger partial charge >= 0.3 is 0 Å². The average molecular weight is 300 g/mol. The molecule has 0 heterocycles. The Morgan fingerprint density at radius 3 is 1.53 bits per heavy atom. The van der Waals surface area contributed by atoms with E-state index < -0.39 is 5.69 Å². The smallest absolute Gasteiger partial charge is 0.198 e. The molecule has 0 unspecified atom stereocenters. The molecule has 0 aromatic carbocycles. The number of hydrogen-bond acceptors (Lipinski definition) is 0. The maximum atomic E-state index is 9.75. The van der Waals surface area contributed by atoms with Crippen molar-refractivity contribution in [3.05, 3.63) is 0 Å². The summed E-state index contributed by atoms with van der Waals surface area (Å²) in [5.41, 5.74) is -2.92. The first-order chi connectivity index (χ1) is 7.73. The summed E-state index contributed by atoms with van der Waals surface area (Å²) in [6, 6.07) is 0. The van der Waals surface area contributed by atoms with Gasteiger partial charge in [-0.1, -0.05) is 52.8 Å². The van der Waals surface area contributed by atoms with E-state index in [1.165, 1.54) is 12.8 Å². The number of thiol groups is 1. The molecule has 0 saturated heterocycles. The van der Waals surface area contributed by atoms with Crippen LogP contribution < -0.4 is 0 Å². The fourth-order valence-corrected chi connectivity index (χ4v) is 7.07. The highest BCUT2D eigenvalue weighted by molar-refractivity contribution is 8.65. The van der Waals surface area contributed by atoms with Gasteiger partial charge < -0.3 is 9.79 Å². The predicted molar refractivity (Wildman–Crippen MR) is 85.6 cm³/mol. The summed E-state index contributed by atoms with van der Waals surface area (Å²) in [6.45, 7) is 8.82. The molecule has 0 saturated carbocycles. The van der Waals surface area contributed by atoms with Crippen LogP contribution in [0, 0.1) is 11.8 Å². The van der Waals surface area contributed by atoms with Crippen LogP contribution in [0.3, 0.4) is 0 Å². The van der Waals surface area contributed by atoms with Gasteiger partial charge in [0.05, 0.1) is 0 Å². The largest absolute Gasteiger partial charge is 0.341 e. The Kier molecular flexibility index (Phi) is 9.59. The standard InChI is InChI=1S/C12H29O2PS2/c1-11(2)7-5-9-17(15(13,14)16)10-6-8-12(3)4/h11-14,16H,5-10H2,1-4H3. The van der Waals surface area contributed by atoms with Crippen molar-refractivity contribution < 1.29 is 9.79 Å². The van der Waals surface area contributed by atoms with E-state index in [0.717, 1.165) is 24.3 Å². The highest BCUT2D eigenvalue weighted by Crippen LogP contribution is 2.47. The van der Waals surface area contributed by atoms with Crippen molar-refractivity contribution in [2.24, 2.45) is 11.8 Å². The van der Waals surface area contributed by atoms with Gasteiger partial charge in [0.15, 0.2) is 5.69 Å². The monoisotopic (exact) mass is 300 g/mol. The Bertz CT molecular complexity index is 235. The van der Waals surface area contributed by atoms with Crippen molar-refractivity contribution in [3.63, 3.8) is 0 Å². The maximum Gasteiger partial charge on any atom is 0.198 e. The highest BCUT2D eigenvalue weighted by Gasteiger charge is 2.11. The second-order valence-electron chi connectivity index (χ2n) is 5.46. The third kappa shape index (κ3) is 10.6. The van der Waals surface area contributed by atoms with E-state index in [1.54, 1.807) is 0 Å². The Morgan fingerprint density at radius 2 is 1.29 bits per heavy atom. The minimum absolute atomic E-state index is 0.288. The molecule has 0 rings (SSSR count). The lowest BCUT2D eigenvalue weighted by Gasteiger charge is -2.17. The minimum atomic E-state index is -2.92. The summed E-state index contributed by atoms with van der Waals surface area (Å²) >= 11 is 4.03. The van der Waals surface area contributed by atoms with E-state index in [-0.39, 0.29) is 10.1 Å². The Hall–Kier alpha value is 1.05. The normalized spacial score (nSPS) is 13.1. The molecule has 0 amide bonds. The summed E-state index contributed by atoms with van der Waals surface area (Å²) < 4.78 is 0. The Labute approximate surface area is 114 Å².